The topological polar surface area (TPSA) is 26.0 Å². The third-order valence-corrected chi connectivity index (χ3v) is 3.13. The molecule has 0 aromatic heterocycles. The number of hydrogen-bond acceptors (Lipinski definition) is 1. The van der Waals surface area contributed by atoms with Crippen LogP contribution in [0, 0.1) is 13.8 Å². The Hall–Kier alpha value is -1.76. The van der Waals surface area contributed by atoms with E-state index in [2.05, 4.69) is 44.2 Å². The molecular formula is C15H17N. The summed E-state index contributed by atoms with van der Waals surface area (Å²) < 4.78 is 0. The zero-order valence-corrected chi connectivity index (χ0v) is 9.83. The van der Waals surface area contributed by atoms with Gasteiger partial charge in [0.1, 0.15) is 0 Å². The third kappa shape index (κ3) is 2.08. The van der Waals surface area contributed by atoms with E-state index in [-0.39, 0.29) is 0 Å². The summed E-state index contributed by atoms with van der Waals surface area (Å²) in [7, 11) is 0. The maximum Gasteiger partial charge on any atom is 0.0352 e. The minimum atomic E-state index is 0.895. The van der Waals surface area contributed by atoms with Crippen molar-refractivity contribution in [2.45, 2.75) is 20.3 Å². The number of anilines is 1. The van der Waals surface area contributed by atoms with Crippen LogP contribution in [-0.4, -0.2) is 0 Å². The summed E-state index contributed by atoms with van der Waals surface area (Å²) in [6.45, 7) is 4.27. The predicted molar refractivity (Wildman–Crippen MR) is 69.6 cm³/mol. The van der Waals surface area contributed by atoms with Gasteiger partial charge in [0, 0.05) is 5.69 Å². The van der Waals surface area contributed by atoms with Crippen LogP contribution in [-0.2, 0) is 6.42 Å². The average Bonchev–Trinajstić information content (AvgIpc) is 2.31. The Bertz CT molecular complexity index is 486. The van der Waals surface area contributed by atoms with Gasteiger partial charge in [-0.25, -0.2) is 0 Å². The number of nitrogens with two attached hydrogens (primary N) is 1. The van der Waals surface area contributed by atoms with E-state index < -0.39 is 0 Å². The average molecular weight is 211 g/mol. The van der Waals surface area contributed by atoms with Crippen LogP contribution in [0.15, 0.2) is 42.5 Å². The highest BCUT2D eigenvalue weighted by molar-refractivity contribution is 5.55. The van der Waals surface area contributed by atoms with Crippen molar-refractivity contribution in [2.75, 3.05) is 5.73 Å². The standard InChI is InChI=1S/C15H17N/c1-11-8-9-15(16)14(12(11)2)10-13-6-4-3-5-7-13/h3-9H,10,16H2,1-2H3. The molecule has 0 heterocycles. The first-order chi connectivity index (χ1) is 7.68. The van der Waals surface area contributed by atoms with E-state index in [1.807, 2.05) is 12.1 Å². The first kappa shape index (κ1) is 10.7. The minimum absolute atomic E-state index is 0.895. The summed E-state index contributed by atoms with van der Waals surface area (Å²) in [5, 5.41) is 0. The summed E-state index contributed by atoms with van der Waals surface area (Å²) >= 11 is 0. The lowest BCUT2D eigenvalue weighted by Gasteiger charge is -2.12. The van der Waals surface area contributed by atoms with Gasteiger partial charge in [-0.2, -0.15) is 0 Å². The van der Waals surface area contributed by atoms with E-state index in [1.54, 1.807) is 0 Å². The summed E-state index contributed by atoms with van der Waals surface area (Å²) in [4.78, 5) is 0. The normalized spacial score (nSPS) is 10.4. The molecule has 0 unspecified atom stereocenters. The van der Waals surface area contributed by atoms with E-state index in [0.29, 0.717) is 0 Å². The zero-order valence-electron chi connectivity index (χ0n) is 9.83. The second-order valence-corrected chi connectivity index (χ2v) is 4.24. The van der Waals surface area contributed by atoms with Gasteiger partial charge in [0.05, 0.1) is 0 Å². The van der Waals surface area contributed by atoms with Gasteiger partial charge in [-0.05, 0) is 48.6 Å². The lowest BCUT2D eigenvalue weighted by molar-refractivity contribution is 1.14. The lowest BCUT2D eigenvalue weighted by Crippen LogP contribution is -2.00. The molecule has 16 heavy (non-hydrogen) atoms. The smallest absolute Gasteiger partial charge is 0.0352 e. The van der Waals surface area contributed by atoms with Crippen LogP contribution in [0.3, 0.4) is 0 Å². The third-order valence-electron chi connectivity index (χ3n) is 3.13. The number of aryl methyl sites for hydroxylation is 1. The molecule has 0 aliphatic heterocycles. The molecule has 2 aromatic rings. The Balaban J connectivity index is 2.38. The molecule has 2 aromatic carbocycles. The van der Waals surface area contributed by atoms with Crippen LogP contribution in [0.4, 0.5) is 5.69 Å². The van der Waals surface area contributed by atoms with E-state index in [0.717, 1.165) is 12.1 Å². The molecule has 82 valence electrons. The lowest BCUT2D eigenvalue weighted by atomic mass is 9.96. The zero-order chi connectivity index (χ0) is 11.5. The highest BCUT2D eigenvalue weighted by atomic mass is 14.6. The summed E-state index contributed by atoms with van der Waals surface area (Å²) in [6, 6.07) is 14.5. The molecule has 0 saturated heterocycles. The molecule has 0 spiro atoms. The second kappa shape index (κ2) is 4.40. The predicted octanol–water partition coefficient (Wildman–Crippen LogP) is 3.48. The first-order valence-corrected chi connectivity index (χ1v) is 5.57. The van der Waals surface area contributed by atoms with Crippen molar-refractivity contribution in [2.24, 2.45) is 0 Å². The molecular weight excluding hydrogens is 194 g/mol. The largest absolute Gasteiger partial charge is 0.398 e. The van der Waals surface area contributed by atoms with Gasteiger partial charge >= 0.3 is 0 Å². The quantitative estimate of drug-likeness (QED) is 0.756. The highest BCUT2D eigenvalue weighted by Crippen LogP contribution is 2.23. The summed E-state index contributed by atoms with van der Waals surface area (Å²) in [5.74, 6) is 0. The summed E-state index contributed by atoms with van der Waals surface area (Å²) in [6.07, 6.45) is 0.917. The SMILES string of the molecule is Cc1ccc(N)c(Cc2ccccc2)c1C. The number of benzene rings is 2. The first-order valence-electron chi connectivity index (χ1n) is 5.57. The Morgan fingerprint density at radius 2 is 1.62 bits per heavy atom. The molecule has 0 aliphatic carbocycles. The van der Waals surface area contributed by atoms with Gasteiger partial charge in [-0.15, -0.1) is 0 Å². The molecule has 0 radical (unpaired) electrons. The van der Waals surface area contributed by atoms with E-state index in [1.165, 1.54) is 22.3 Å². The molecule has 2 rings (SSSR count). The van der Waals surface area contributed by atoms with Crippen LogP contribution in [0.25, 0.3) is 0 Å². The van der Waals surface area contributed by atoms with Crippen molar-refractivity contribution < 1.29 is 0 Å². The molecule has 0 fully saturated rings. The molecule has 0 bridgehead atoms. The van der Waals surface area contributed by atoms with Crippen molar-refractivity contribution in [3.63, 3.8) is 0 Å². The number of rotatable bonds is 2. The van der Waals surface area contributed by atoms with Crippen LogP contribution in [0.2, 0.25) is 0 Å². The van der Waals surface area contributed by atoms with E-state index in [9.17, 15) is 0 Å². The fourth-order valence-electron chi connectivity index (χ4n) is 1.93. The minimum Gasteiger partial charge on any atom is -0.398 e. The molecule has 1 heteroatoms. The van der Waals surface area contributed by atoms with Crippen molar-refractivity contribution in [1.29, 1.82) is 0 Å². The maximum absolute atomic E-state index is 6.04. The molecule has 0 aliphatic rings. The second-order valence-electron chi connectivity index (χ2n) is 4.24. The summed E-state index contributed by atoms with van der Waals surface area (Å²) in [5.41, 5.74) is 12.1. The van der Waals surface area contributed by atoms with E-state index in [4.69, 9.17) is 5.73 Å². The van der Waals surface area contributed by atoms with Gasteiger partial charge in [0.2, 0.25) is 0 Å². The monoisotopic (exact) mass is 211 g/mol. The van der Waals surface area contributed by atoms with Gasteiger partial charge in [0.25, 0.3) is 0 Å². The molecule has 2 N–H and O–H groups in total. The molecule has 0 saturated carbocycles. The van der Waals surface area contributed by atoms with Gasteiger partial charge < -0.3 is 5.73 Å². The number of hydrogen-bond donors (Lipinski definition) is 1. The van der Waals surface area contributed by atoms with Crippen molar-refractivity contribution in [3.8, 4) is 0 Å². The highest BCUT2D eigenvalue weighted by Gasteiger charge is 2.06. The van der Waals surface area contributed by atoms with Crippen LogP contribution in [0.1, 0.15) is 22.3 Å². The Morgan fingerprint density at radius 1 is 0.938 bits per heavy atom. The Morgan fingerprint density at radius 3 is 2.31 bits per heavy atom. The van der Waals surface area contributed by atoms with Gasteiger partial charge in [0.15, 0.2) is 0 Å². The van der Waals surface area contributed by atoms with Crippen molar-refractivity contribution >= 4 is 5.69 Å². The fourth-order valence-corrected chi connectivity index (χ4v) is 1.93. The Kier molecular flexibility index (Phi) is 2.95. The molecule has 1 nitrogen and oxygen atoms in total. The van der Waals surface area contributed by atoms with E-state index >= 15 is 0 Å². The van der Waals surface area contributed by atoms with Crippen molar-refractivity contribution in [3.05, 3.63) is 64.7 Å². The van der Waals surface area contributed by atoms with Crippen LogP contribution >= 0.6 is 0 Å². The van der Waals surface area contributed by atoms with Crippen LogP contribution < -0.4 is 5.73 Å². The Labute approximate surface area is 96.9 Å². The number of nitrogen functional groups attached to an aromatic ring is 1. The molecule has 0 amide bonds. The molecule has 0 atom stereocenters. The van der Waals surface area contributed by atoms with Gasteiger partial charge in [-0.3, -0.25) is 0 Å². The van der Waals surface area contributed by atoms with Gasteiger partial charge in [-0.1, -0.05) is 36.4 Å². The van der Waals surface area contributed by atoms with Crippen molar-refractivity contribution in [1.82, 2.24) is 0 Å². The fraction of sp³-hybridized carbons (Fsp3) is 0.200. The van der Waals surface area contributed by atoms with Crippen LogP contribution in [0.5, 0.6) is 0 Å². The maximum atomic E-state index is 6.04.